The molecule has 1 nitrogen and oxygen atoms in total. The number of nitrogens with two attached hydrogens (primary N) is 1. The first kappa shape index (κ1) is 13.5. The van der Waals surface area contributed by atoms with Crippen LogP contribution in [0.4, 0.5) is 17.6 Å². The Labute approximate surface area is 107 Å². The van der Waals surface area contributed by atoms with Gasteiger partial charge in [-0.15, -0.1) is 0 Å². The Kier molecular flexibility index (Phi) is 3.85. The molecule has 2 N–H and O–H groups in total. The third kappa shape index (κ3) is 2.76. The summed E-state index contributed by atoms with van der Waals surface area (Å²) in [6.07, 6.45) is -0.00529. The fourth-order valence-corrected chi connectivity index (χ4v) is 1.84. The number of halogens is 4. The smallest absolute Gasteiger partial charge is 0.194 e. The van der Waals surface area contributed by atoms with Crippen LogP contribution in [0.25, 0.3) is 0 Å². The predicted molar refractivity (Wildman–Crippen MR) is 63.3 cm³/mol. The zero-order valence-electron chi connectivity index (χ0n) is 9.84. The van der Waals surface area contributed by atoms with Gasteiger partial charge in [0.15, 0.2) is 17.5 Å². The molecule has 0 aliphatic rings. The molecule has 2 aromatic rings. The van der Waals surface area contributed by atoms with Gasteiger partial charge in [0.25, 0.3) is 0 Å². The minimum Gasteiger partial charge on any atom is -0.324 e. The van der Waals surface area contributed by atoms with Gasteiger partial charge < -0.3 is 5.73 Å². The molecule has 0 heterocycles. The van der Waals surface area contributed by atoms with Gasteiger partial charge in [0.2, 0.25) is 0 Å². The van der Waals surface area contributed by atoms with Crippen LogP contribution in [0.1, 0.15) is 17.2 Å². The van der Waals surface area contributed by atoms with E-state index in [9.17, 15) is 17.6 Å². The minimum atomic E-state index is -1.57. The molecule has 0 aromatic heterocycles. The number of benzene rings is 2. The molecule has 2 aromatic carbocycles. The van der Waals surface area contributed by atoms with Crippen LogP contribution < -0.4 is 5.73 Å². The molecule has 0 saturated heterocycles. The largest absolute Gasteiger partial charge is 0.324 e. The molecular formula is C14H11F4N. The van der Waals surface area contributed by atoms with Gasteiger partial charge in [-0.1, -0.05) is 24.3 Å². The van der Waals surface area contributed by atoms with Crippen molar-refractivity contribution in [2.24, 2.45) is 5.73 Å². The first-order valence-electron chi connectivity index (χ1n) is 5.63. The summed E-state index contributed by atoms with van der Waals surface area (Å²) < 4.78 is 52.8. The molecule has 1 atom stereocenters. The standard InChI is InChI=1S/C14H11F4N/c15-10-4-2-1-3-8(10)7-12(19)9-5-6-11(16)14(18)13(9)17/h1-6,12H,7,19H2. The van der Waals surface area contributed by atoms with Gasteiger partial charge >= 0.3 is 0 Å². The highest BCUT2D eigenvalue weighted by Crippen LogP contribution is 2.23. The first-order chi connectivity index (χ1) is 9.00. The van der Waals surface area contributed by atoms with Gasteiger partial charge in [-0.25, -0.2) is 17.6 Å². The van der Waals surface area contributed by atoms with Crippen molar-refractivity contribution in [2.45, 2.75) is 12.5 Å². The van der Waals surface area contributed by atoms with E-state index in [0.29, 0.717) is 5.56 Å². The van der Waals surface area contributed by atoms with E-state index in [1.54, 1.807) is 6.07 Å². The van der Waals surface area contributed by atoms with E-state index in [1.807, 2.05) is 0 Å². The average molecular weight is 269 g/mol. The van der Waals surface area contributed by atoms with Crippen LogP contribution in [0.5, 0.6) is 0 Å². The van der Waals surface area contributed by atoms with E-state index in [4.69, 9.17) is 5.73 Å². The lowest BCUT2D eigenvalue weighted by Gasteiger charge is -2.14. The van der Waals surface area contributed by atoms with E-state index < -0.39 is 29.3 Å². The lowest BCUT2D eigenvalue weighted by molar-refractivity contribution is 0.434. The van der Waals surface area contributed by atoms with E-state index in [0.717, 1.165) is 12.1 Å². The van der Waals surface area contributed by atoms with Gasteiger partial charge in [0.1, 0.15) is 5.82 Å². The zero-order valence-corrected chi connectivity index (χ0v) is 9.84. The fourth-order valence-electron chi connectivity index (χ4n) is 1.84. The summed E-state index contributed by atoms with van der Waals surface area (Å²) in [6, 6.07) is 6.81. The van der Waals surface area contributed by atoms with E-state index >= 15 is 0 Å². The maximum atomic E-state index is 13.5. The summed E-state index contributed by atoms with van der Waals surface area (Å²) in [4.78, 5) is 0. The van der Waals surface area contributed by atoms with Crippen molar-refractivity contribution in [3.63, 3.8) is 0 Å². The van der Waals surface area contributed by atoms with Crippen molar-refractivity contribution in [2.75, 3.05) is 0 Å². The third-order valence-corrected chi connectivity index (χ3v) is 2.86. The molecule has 0 aliphatic carbocycles. The maximum Gasteiger partial charge on any atom is 0.194 e. The second-order valence-electron chi connectivity index (χ2n) is 4.17. The molecule has 1 unspecified atom stereocenters. The van der Waals surface area contributed by atoms with Crippen molar-refractivity contribution in [3.8, 4) is 0 Å². The number of hydrogen-bond acceptors (Lipinski definition) is 1. The topological polar surface area (TPSA) is 26.0 Å². The van der Waals surface area contributed by atoms with E-state index in [1.165, 1.54) is 18.2 Å². The van der Waals surface area contributed by atoms with Crippen molar-refractivity contribution >= 4 is 0 Å². The van der Waals surface area contributed by atoms with Gasteiger partial charge in [-0.2, -0.15) is 0 Å². The number of hydrogen-bond donors (Lipinski definition) is 1. The van der Waals surface area contributed by atoms with Crippen LogP contribution in [0.15, 0.2) is 36.4 Å². The molecule has 5 heteroatoms. The second-order valence-corrected chi connectivity index (χ2v) is 4.17. The Morgan fingerprint density at radius 3 is 2.21 bits per heavy atom. The molecule has 0 aliphatic heterocycles. The molecule has 19 heavy (non-hydrogen) atoms. The van der Waals surface area contributed by atoms with Crippen LogP contribution in [-0.2, 0) is 6.42 Å². The average Bonchev–Trinajstić information content (AvgIpc) is 2.39. The Balaban J connectivity index is 2.28. The highest BCUT2D eigenvalue weighted by atomic mass is 19.2. The molecule has 0 fully saturated rings. The van der Waals surface area contributed by atoms with Crippen molar-refractivity contribution < 1.29 is 17.6 Å². The predicted octanol–water partition coefficient (Wildman–Crippen LogP) is 3.49. The molecule has 0 bridgehead atoms. The van der Waals surface area contributed by atoms with Crippen LogP contribution >= 0.6 is 0 Å². The van der Waals surface area contributed by atoms with Crippen LogP contribution in [0.3, 0.4) is 0 Å². The summed E-state index contributed by atoms with van der Waals surface area (Å²) in [6.45, 7) is 0. The molecule has 2 rings (SSSR count). The monoisotopic (exact) mass is 269 g/mol. The van der Waals surface area contributed by atoms with Crippen molar-refractivity contribution in [1.82, 2.24) is 0 Å². The fraction of sp³-hybridized carbons (Fsp3) is 0.143. The lowest BCUT2D eigenvalue weighted by Crippen LogP contribution is -2.17. The highest BCUT2D eigenvalue weighted by Gasteiger charge is 2.19. The lowest BCUT2D eigenvalue weighted by atomic mass is 9.98. The molecule has 0 radical (unpaired) electrons. The number of rotatable bonds is 3. The van der Waals surface area contributed by atoms with E-state index in [2.05, 4.69) is 0 Å². The van der Waals surface area contributed by atoms with Crippen molar-refractivity contribution in [1.29, 1.82) is 0 Å². The Bertz CT molecular complexity index is 598. The third-order valence-electron chi connectivity index (χ3n) is 2.86. The van der Waals surface area contributed by atoms with Gasteiger partial charge in [0.05, 0.1) is 0 Å². The summed E-state index contributed by atoms with van der Waals surface area (Å²) >= 11 is 0. The van der Waals surface area contributed by atoms with Gasteiger partial charge in [0, 0.05) is 11.6 Å². The molecule has 0 saturated carbocycles. The Morgan fingerprint density at radius 1 is 0.842 bits per heavy atom. The summed E-state index contributed by atoms with van der Waals surface area (Å²) in [5.74, 6) is -4.65. The van der Waals surface area contributed by atoms with Crippen LogP contribution in [0, 0.1) is 23.3 Å². The van der Waals surface area contributed by atoms with Crippen LogP contribution in [0.2, 0.25) is 0 Å². The summed E-state index contributed by atoms with van der Waals surface area (Å²) in [7, 11) is 0. The molecular weight excluding hydrogens is 258 g/mol. The molecule has 100 valence electrons. The first-order valence-corrected chi connectivity index (χ1v) is 5.63. The van der Waals surface area contributed by atoms with Gasteiger partial charge in [-0.05, 0) is 24.1 Å². The maximum absolute atomic E-state index is 13.5. The minimum absolute atomic E-state index is 0.00529. The summed E-state index contributed by atoms with van der Waals surface area (Å²) in [5, 5.41) is 0. The highest BCUT2D eigenvalue weighted by molar-refractivity contribution is 5.26. The molecule has 0 amide bonds. The summed E-state index contributed by atoms with van der Waals surface area (Å²) in [5.41, 5.74) is 5.83. The van der Waals surface area contributed by atoms with Crippen LogP contribution in [-0.4, -0.2) is 0 Å². The second kappa shape index (κ2) is 5.40. The SMILES string of the molecule is NC(Cc1ccccc1F)c1ccc(F)c(F)c1F. The van der Waals surface area contributed by atoms with E-state index in [-0.39, 0.29) is 12.0 Å². The van der Waals surface area contributed by atoms with Gasteiger partial charge in [-0.3, -0.25) is 0 Å². The zero-order chi connectivity index (χ0) is 14.0. The Morgan fingerprint density at radius 2 is 1.53 bits per heavy atom. The van der Waals surface area contributed by atoms with Crippen molar-refractivity contribution in [3.05, 3.63) is 70.8 Å². The quantitative estimate of drug-likeness (QED) is 0.670. The molecule has 0 spiro atoms. The Hall–Kier alpha value is -1.88. The normalized spacial score (nSPS) is 12.5.